The van der Waals surface area contributed by atoms with Gasteiger partial charge in [-0.3, -0.25) is 9.78 Å². The summed E-state index contributed by atoms with van der Waals surface area (Å²) in [5, 5.41) is 22.1. The molecule has 9 heteroatoms. The van der Waals surface area contributed by atoms with Gasteiger partial charge in [-0.25, -0.2) is 4.98 Å². The number of piperidine rings is 1. The molecule has 0 radical (unpaired) electrons. The van der Waals surface area contributed by atoms with Crippen LogP contribution in [-0.2, 0) is 4.79 Å². The molecule has 35 heavy (non-hydrogen) atoms. The number of pyridine rings is 1. The van der Waals surface area contributed by atoms with Crippen molar-refractivity contribution in [3.8, 4) is 5.75 Å². The van der Waals surface area contributed by atoms with Crippen molar-refractivity contribution in [3.05, 3.63) is 48.5 Å². The van der Waals surface area contributed by atoms with Gasteiger partial charge in [0.15, 0.2) is 0 Å². The molecule has 0 aliphatic carbocycles. The number of methoxy groups -OCH3 is 1. The van der Waals surface area contributed by atoms with Crippen LogP contribution in [-0.4, -0.2) is 63.5 Å². The van der Waals surface area contributed by atoms with Gasteiger partial charge in [0.2, 0.25) is 0 Å². The lowest BCUT2D eigenvalue weighted by atomic mass is 9.79. The quantitative estimate of drug-likeness (QED) is 0.272. The van der Waals surface area contributed by atoms with E-state index in [1.807, 2.05) is 24.3 Å². The van der Waals surface area contributed by atoms with E-state index in [1.165, 1.54) is 0 Å². The average molecular weight is 500 g/mol. The molecular weight excluding hydrogens is 466 g/mol. The van der Waals surface area contributed by atoms with Gasteiger partial charge in [0, 0.05) is 30.3 Å². The highest BCUT2D eigenvalue weighted by molar-refractivity contribution is 7.99. The summed E-state index contributed by atoms with van der Waals surface area (Å²) in [6.45, 7) is 2.67. The van der Waals surface area contributed by atoms with Crippen LogP contribution in [0.5, 0.6) is 5.75 Å². The van der Waals surface area contributed by atoms with Crippen molar-refractivity contribution >= 4 is 28.6 Å². The van der Waals surface area contributed by atoms with E-state index in [0.29, 0.717) is 11.6 Å². The van der Waals surface area contributed by atoms with Crippen molar-refractivity contribution in [2.45, 2.75) is 43.4 Å². The van der Waals surface area contributed by atoms with E-state index < -0.39 is 12.1 Å². The summed E-state index contributed by atoms with van der Waals surface area (Å²) in [6.07, 6.45) is 7.80. The number of rotatable bonds is 12. The number of aliphatic carboxylic acids is 1. The zero-order valence-corrected chi connectivity index (χ0v) is 20.8. The van der Waals surface area contributed by atoms with Crippen LogP contribution in [0.2, 0.25) is 0 Å². The molecule has 1 aromatic carbocycles. The summed E-state index contributed by atoms with van der Waals surface area (Å²) in [4.78, 5) is 22.5. The number of oxazole rings is 1. The lowest BCUT2D eigenvalue weighted by molar-refractivity contribution is -0.139. The van der Waals surface area contributed by atoms with Crippen molar-refractivity contribution in [1.29, 1.82) is 0 Å². The Labute approximate surface area is 209 Å². The van der Waals surface area contributed by atoms with Gasteiger partial charge >= 0.3 is 5.97 Å². The van der Waals surface area contributed by atoms with Crippen LogP contribution in [0, 0.1) is 11.8 Å². The van der Waals surface area contributed by atoms with Crippen molar-refractivity contribution in [1.82, 2.24) is 14.9 Å². The van der Waals surface area contributed by atoms with Gasteiger partial charge < -0.3 is 24.3 Å². The Hall–Kier alpha value is -2.62. The number of carboxylic acid groups (broad SMARTS) is 1. The van der Waals surface area contributed by atoms with E-state index in [0.717, 1.165) is 66.9 Å². The Kier molecular flexibility index (Phi) is 9.01. The lowest BCUT2D eigenvalue weighted by Gasteiger charge is -2.38. The highest BCUT2D eigenvalue weighted by Crippen LogP contribution is 2.35. The zero-order chi connectivity index (χ0) is 24.6. The highest BCUT2D eigenvalue weighted by atomic mass is 32.2. The van der Waals surface area contributed by atoms with Crippen LogP contribution in [0.4, 0.5) is 0 Å². The minimum atomic E-state index is -0.755. The van der Waals surface area contributed by atoms with E-state index in [1.54, 1.807) is 37.5 Å². The third-order valence-electron chi connectivity index (χ3n) is 6.82. The fraction of sp³-hybridized carbons (Fsp3) is 0.500. The third kappa shape index (κ3) is 6.96. The molecule has 2 N–H and O–H groups in total. The largest absolute Gasteiger partial charge is 0.497 e. The number of aliphatic hydroxyl groups excluding tert-OH is 1. The first-order valence-corrected chi connectivity index (χ1v) is 13.1. The minimum Gasteiger partial charge on any atom is -0.497 e. The van der Waals surface area contributed by atoms with Crippen molar-refractivity contribution in [2.24, 2.45) is 11.8 Å². The van der Waals surface area contributed by atoms with Crippen LogP contribution in [0.1, 0.15) is 43.8 Å². The first kappa shape index (κ1) is 25.5. The van der Waals surface area contributed by atoms with E-state index in [2.05, 4.69) is 14.9 Å². The smallest absolute Gasteiger partial charge is 0.303 e. The molecule has 0 bridgehead atoms. The fourth-order valence-electron chi connectivity index (χ4n) is 5.02. The molecular formula is C26H33N3O5S. The second-order valence-electron chi connectivity index (χ2n) is 9.08. The Morgan fingerprint density at radius 2 is 2.17 bits per heavy atom. The highest BCUT2D eigenvalue weighted by Gasteiger charge is 2.31. The van der Waals surface area contributed by atoms with Gasteiger partial charge in [-0.05, 0) is 80.4 Å². The summed E-state index contributed by atoms with van der Waals surface area (Å²) in [5.41, 5.74) is 1.66. The van der Waals surface area contributed by atoms with E-state index in [-0.39, 0.29) is 18.3 Å². The number of aliphatic hydroxyl groups is 1. The molecule has 3 atom stereocenters. The second kappa shape index (κ2) is 12.4. The predicted molar refractivity (Wildman–Crippen MR) is 135 cm³/mol. The van der Waals surface area contributed by atoms with Gasteiger partial charge in [0.1, 0.15) is 12.0 Å². The third-order valence-corrected chi connectivity index (χ3v) is 7.76. The van der Waals surface area contributed by atoms with E-state index in [4.69, 9.17) is 9.15 Å². The number of hydrogen-bond donors (Lipinski definition) is 2. The first-order chi connectivity index (χ1) is 17.0. The molecule has 1 fully saturated rings. The number of nitrogens with zero attached hydrogens (tertiary/aromatic N) is 3. The lowest BCUT2D eigenvalue weighted by Crippen LogP contribution is -2.42. The van der Waals surface area contributed by atoms with Crippen LogP contribution >= 0.6 is 11.8 Å². The SMILES string of the molecule is COc1ccc2nccc(C(O)CC[C@@H]3CCN(CCCSc4ncco4)C[C@@H]3CC(=O)O)c2c1. The fourth-order valence-corrected chi connectivity index (χ4v) is 5.72. The molecule has 188 valence electrons. The first-order valence-electron chi connectivity index (χ1n) is 12.1. The number of carboxylic acids is 1. The maximum absolute atomic E-state index is 11.6. The van der Waals surface area contributed by atoms with Crippen molar-refractivity contribution in [3.63, 3.8) is 0 Å². The number of fused-ring (bicyclic) bond motifs is 1. The number of benzene rings is 1. The number of ether oxygens (including phenoxy) is 1. The number of likely N-dealkylation sites (tertiary alicyclic amines) is 1. The van der Waals surface area contributed by atoms with Gasteiger partial charge in [0.25, 0.3) is 5.22 Å². The molecule has 4 rings (SSSR count). The molecule has 1 saturated heterocycles. The van der Waals surface area contributed by atoms with Crippen LogP contribution < -0.4 is 4.74 Å². The standard InChI is InChI=1S/C26H33N3O5S/c1-33-20-4-5-23-22(16-20)21(7-9-27-23)24(30)6-3-18-8-12-29(17-19(18)15-25(31)32)11-2-14-35-26-28-10-13-34-26/h4-5,7,9-10,13,16,18-19,24,30H,2-3,6,8,11-12,14-15,17H2,1H3,(H,31,32)/t18-,19+,24?/m1/s1. The number of hydrogen-bond acceptors (Lipinski definition) is 8. The Balaban J connectivity index is 1.32. The molecule has 3 heterocycles. The summed E-state index contributed by atoms with van der Waals surface area (Å²) in [7, 11) is 1.62. The molecule has 3 aromatic rings. The van der Waals surface area contributed by atoms with E-state index in [9.17, 15) is 15.0 Å². The Morgan fingerprint density at radius 3 is 2.94 bits per heavy atom. The summed E-state index contributed by atoms with van der Waals surface area (Å²) >= 11 is 1.60. The van der Waals surface area contributed by atoms with Gasteiger partial charge in [-0.2, -0.15) is 0 Å². The number of aromatic nitrogens is 2. The van der Waals surface area contributed by atoms with Crippen molar-refractivity contribution < 1.29 is 24.2 Å². The van der Waals surface area contributed by atoms with Gasteiger partial charge in [-0.1, -0.05) is 11.8 Å². The Morgan fingerprint density at radius 1 is 1.29 bits per heavy atom. The van der Waals surface area contributed by atoms with Crippen LogP contribution in [0.3, 0.4) is 0 Å². The normalized spacial score (nSPS) is 19.6. The maximum atomic E-state index is 11.6. The van der Waals surface area contributed by atoms with Crippen LogP contribution in [0.15, 0.2) is 52.6 Å². The molecule has 8 nitrogen and oxygen atoms in total. The van der Waals surface area contributed by atoms with Gasteiger partial charge in [0.05, 0.1) is 24.9 Å². The molecule has 0 saturated carbocycles. The zero-order valence-electron chi connectivity index (χ0n) is 20.0. The average Bonchev–Trinajstić information content (AvgIpc) is 3.38. The molecule has 1 aliphatic rings. The van der Waals surface area contributed by atoms with Gasteiger partial charge in [-0.15, -0.1) is 0 Å². The monoisotopic (exact) mass is 499 g/mol. The molecule has 1 unspecified atom stereocenters. The maximum Gasteiger partial charge on any atom is 0.303 e. The topological polar surface area (TPSA) is 109 Å². The summed E-state index contributed by atoms with van der Waals surface area (Å²) in [5.74, 6) is 1.25. The number of thioether (sulfide) groups is 1. The van der Waals surface area contributed by atoms with E-state index >= 15 is 0 Å². The summed E-state index contributed by atoms with van der Waals surface area (Å²) < 4.78 is 10.6. The molecule has 0 spiro atoms. The predicted octanol–water partition coefficient (Wildman–Crippen LogP) is 4.64. The molecule has 2 aromatic heterocycles. The minimum absolute atomic E-state index is 0.0853. The second-order valence-corrected chi connectivity index (χ2v) is 10.1. The summed E-state index contributed by atoms with van der Waals surface area (Å²) in [6, 6.07) is 7.53. The van der Waals surface area contributed by atoms with Crippen molar-refractivity contribution in [2.75, 3.05) is 32.5 Å². The number of carbonyl (C=O) groups is 1. The Bertz CT molecular complexity index is 1090. The molecule has 1 aliphatic heterocycles. The molecule has 0 amide bonds. The van der Waals surface area contributed by atoms with Crippen LogP contribution in [0.25, 0.3) is 10.9 Å².